The number of hydrogen-bond acceptors (Lipinski definition) is 4. The summed E-state index contributed by atoms with van der Waals surface area (Å²) in [6.45, 7) is 1.74. The van der Waals surface area contributed by atoms with Crippen molar-refractivity contribution in [2.24, 2.45) is 5.84 Å². The summed E-state index contributed by atoms with van der Waals surface area (Å²) in [5.41, 5.74) is 2.07. The highest BCUT2D eigenvalue weighted by Gasteiger charge is 2.29. The van der Waals surface area contributed by atoms with Gasteiger partial charge in [0.05, 0.1) is 0 Å². The molecule has 0 saturated carbocycles. The second-order valence-corrected chi connectivity index (χ2v) is 4.40. The monoisotopic (exact) mass is 256 g/mol. The Morgan fingerprint density at radius 3 is 2.61 bits per heavy atom. The highest BCUT2D eigenvalue weighted by Crippen LogP contribution is 2.06. The van der Waals surface area contributed by atoms with Crippen molar-refractivity contribution in [1.82, 2.24) is 15.2 Å². The highest BCUT2D eigenvalue weighted by atomic mass is 16.2. The van der Waals surface area contributed by atoms with E-state index in [4.69, 9.17) is 5.84 Å². The van der Waals surface area contributed by atoms with E-state index in [1.54, 1.807) is 11.9 Å². The Bertz CT molecular complexity index is 332. The van der Waals surface area contributed by atoms with Crippen molar-refractivity contribution in [2.45, 2.75) is 25.7 Å². The van der Waals surface area contributed by atoms with Crippen LogP contribution < -0.4 is 11.3 Å². The molecule has 0 spiro atoms. The molecule has 3 amide bonds. The maximum absolute atomic E-state index is 11.6. The van der Waals surface area contributed by atoms with Crippen LogP contribution in [0.5, 0.6) is 0 Å². The van der Waals surface area contributed by atoms with Crippen LogP contribution >= 0.6 is 0 Å². The van der Waals surface area contributed by atoms with Crippen LogP contribution in [0, 0.1) is 0 Å². The first-order valence-corrected chi connectivity index (χ1v) is 6.10. The molecule has 3 N–H and O–H groups in total. The van der Waals surface area contributed by atoms with Crippen LogP contribution in [0.25, 0.3) is 0 Å². The quantitative estimate of drug-likeness (QED) is 0.206. The van der Waals surface area contributed by atoms with E-state index in [2.05, 4.69) is 5.43 Å². The summed E-state index contributed by atoms with van der Waals surface area (Å²) in [5.74, 6) is 3.91. The predicted octanol–water partition coefficient (Wildman–Crippen LogP) is -1.16. The molecule has 1 aliphatic heterocycles. The number of nitrogens with one attached hydrogen (secondary N) is 1. The molecular weight excluding hydrogens is 236 g/mol. The minimum absolute atomic E-state index is 0.180. The number of nitrogens with zero attached hydrogens (tertiary/aromatic N) is 2. The summed E-state index contributed by atoms with van der Waals surface area (Å²) in [6.07, 6.45) is 2.76. The molecule has 0 aromatic heterocycles. The third kappa shape index (κ3) is 3.99. The third-order valence-electron chi connectivity index (χ3n) is 3.02. The molecule has 1 heterocycles. The molecule has 0 aromatic carbocycles. The van der Waals surface area contributed by atoms with Gasteiger partial charge in [-0.2, -0.15) is 0 Å². The Balaban J connectivity index is 2.18. The SMILES string of the molecule is CN1CCN(CCCCCC(=O)NN)C(=O)C1=O. The lowest BCUT2D eigenvalue weighted by Gasteiger charge is -2.31. The van der Waals surface area contributed by atoms with Gasteiger partial charge < -0.3 is 9.80 Å². The lowest BCUT2D eigenvalue weighted by molar-refractivity contribution is -0.154. The maximum atomic E-state index is 11.6. The second kappa shape index (κ2) is 6.95. The molecule has 0 aromatic rings. The van der Waals surface area contributed by atoms with Gasteiger partial charge in [-0.3, -0.25) is 19.8 Å². The van der Waals surface area contributed by atoms with Crippen LogP contribution in [0.3, 0.4) is 0 Å². The van der Waals surface area contributed by atoms with E-state index in [-0.39, 0.29) is 5.91 Å². The number of hydrogen-bond donors (Lipinski definition) is 2. The molecule has 1 saturated heterocycles. The smallest absolute Gasteiger partial charge is 0.312 e. The Morgan fingerprint density at radius 2 is 1.94 bits per heavy atom. The molecule has 0 radical (unpaired) electrons. The van der Waals surface area contributed by atoms with E-state index in [1.165, 1.54) is 4.90 Å². The third-order valence-corrected chi connectivity index (χ3v) is 3.02. The molecule has 0 unspecified atom stereocenters. The second-order valence-electron chi connectivity index (χ2n) is 4.40. The van der Waals surface area contributed by atoms with Crippen molar-refractivity contribution in [2.75, 3.05) is 26.7 Å². The molecule has 7 nitrogen and oxygen atoms in total. The normalized spacial score (nSPS) is 16.1. The fourth-order valence-corrected chi connectivity index (χ4v) is 1.82. The highest BCUT2D eigenvalue weighted by molar-refractivity contribution is 6.35. The molecule has 102 valence electrons. The summed E-state index contributed by atoms with van der Waals surface area (Å²) in [6, 6.07) is 0. The Labute approximate surface area is 106 Å². The first-order chi connectivity index (χ1) is 8.56. The summed E-state index contributed by atoms with van der Waals surface area (Å²) in [7, 11) is 1.63. The van der Waals surface area contributed by atoms with E-state index >= 15 is 0 Å². The number of piperazine rings is 1. The van der Waals surface area contributed by atoms with Gasteiger partial charge in [0.2, 0.25) is 5.91 Å². The summed E-state index contributed by atoms with van der Waals surface area (Å²) < 4.78 is 0. The van der Waals surface area contributed by atoms with E-state index in [0.29, 0.717) is 26.1 Å². The van der Waals surface area contributed by atoms with Crippen LogP contribution in [0.4, 0.5) is 0 Å². The average Bonchev–Trinajstić information content (AvgIpc) is 2.37. The van der Waals surface area contributed by atoms with Gasteiger partial charge in [-0.25, -0.2) is 5.84 Å². The minimum atomic E-state index is -0.441. The van der Waals surface area contributed by atoms with Gasteiger partial charge >= 0.3 is 11.8 Å². The number of nitrogens with two attached hydrogens (primary N) is 1. The lowest BCUT2D eigenvalue weighted by Crippen LogP contribution is -2.52. The summed E-state index contributed by atoms with van der Waals surface area (Å²) in [5, 5.41) is 0. The number of unbranched alkanes of at least 4 members (excludes halogenated alkanes) is 2. The van der Waals surface area contributed by atoms with Gasteiger partial charge in [0.25, 0.3) is 0 Å². The number of carbonyl (C=O) groups is 3. The zero-order valence-corrected chi connectivity index (χ0v) is 10.6. The van der Waals surface area contributed by atoms with Crippen molar-refractivity contribution in [1.29, 1.82) is 0 Å². The molecule has 1 fully saturated rings. The summed E-state index contributed by atoms with van der Waals surface area (Å²) in [4.78, 5) is 36.9. The topological polar surface area (TPSA) is 95.7 Å². The van der Waals surface area contributed by atoms with E-state index in [9.17, 15) is 14.4 Å². The first kappa shape index (κ1) is 14.4. The number of amides is 3. The van der Waals surface area contributed by atoms with Crippen LogP contribution in [0.2, 0.25) is 0 Å². The van der Waals surface area contributed by atoms with Gasteiger partial charge in [0.1, 0.15) is 0 Å². The fraction of sp³-hybridized carbons (Fsp3) is 0.727. The van der Waals surface area contributed by atoms with Crippen LogP contribution in [0.1, 0.15) is 25.7 Å². The average molecular weight is 256 g/mol. The van der Waals surface area contributed by atoms with Crippen LogP contribution in [-0.4, -0.2) is 54.2 Å². The molecule has 1 aliphatic rings. The Hall–Kier alpha value is -1.63. The van der Waals surface area contributed by atoms with Crippen molar-refractivity contribution in [3.05, 3.63) is 0 Å². The number of likely N-dealkylation sites (N-methyl/N-ethyl adjacent to an activating group) is 1. The fourth-order valence-electron chi connectivity index (χ4n) is 1.82. The summed E-state index contributed by atoms with van der Waals surface area (Å²) >= 11 is 0. The van der Waals surface area contributed by atoms with Crippen molar-refractivity contribution in [3.8, 4) is 0 Å². The largest absolute Gasteiger partial charge is 0.336 e. The predicted molar refractivity (Wildman–Crippen MR) is 65.0 cm³/mol. The number of hydrazine groups is 1. The molecule has 18 heavy (non-hydrogen) atoms. The zero-order chi connectivity index (χ0) is 13.5. The lowest BCUT2D eigenvalue weighted by atomic mass is 10.1. The first-order valence-electron chi connectivity index (χ1n) is 6.10. The Morgan fingerprint density at radius 1 is 1.22 bits per heavy atom. The van der Waals surface area contributed by atoms with Crippen LogP contribution in [0.15, 0.2) is 0 Å². The van der Waals surface area contributed by atoms with Crippen molar-refractivity contribution >= 4 is 17.7 Å². The van der Waals surface area contributed by atoms with Crippen molar-refractivity contribution in [3.63, 3.8) is 0 Å². The van der Waals surface area contributed by atoms with Crippen molar-refractivity contribution < 1.29 is 14.4 Å². The number of carbonyl (C=O) groups excluding carboxylic acids is 3. The standard InChI is InChI=1S/C11H20N4O3/c1-14-7-8-15(11(18)10(14)17)6-4-2-3-5-9(16)13-12/h2-8,12H2,1H3,(H,13,16). The van der Waals surface area contributed by atoms with Gasteiger partial charge in [-0.15, -0.1) is 0 Å². The molecule has 0 bridgehead atoms. The molecule has 1 rings (SSSR count). The number of rotatable bonds is 6. The van der Waals surface area contributed by atoms with Gasteiger partial charge in [0.15, 0.2) is 0 Å². The van der Waals surface area contributed by atoms with Gasteiger partial charge in [-0.05, 0) is 12.8 Å². The van der Waals surface area contributed by atoms with Gasteiger partial charge in [-0.1, -0.05) is 6.42 Å². The van der Waals surface area contributed by atoms with E-state index in [1.807, 2.05) is 0 Å². The van der Waals surface area contributed by atoms with Crippen LogP contribution in [-0.2, 0) is 14.4 Å². The molecular formula is C11H20N4O3. The minimum Gasteiger partial charge on any atom is -0.336 e. The molecule has 0 aliphatic carbocycles. The molecule has 7 heteroatoms. The maximum Gasteiger partial charge on any atom is 0.312 e. The molecule has 0 atom stereocenters. The van der Waals surface area contributed by atoms with E-state index < -0.39 is 11.8 Å². The zero-order valence-electron chi connectivity index (χ0n) is 10.6. The van der Waals surface area contributed by atoms with E-state index in [0.717, 1.165) is 19.3 Å². The van der Waals surface area contributed by atoms with Gasteiger partial charge in [0, 0.05) is 33.1 Å². The Kier molecular flexibility index (Phi) is 5.57.